The molecule has 0 bridgehead atoms. The summed E-state index contributed by atoms with van der Waals surface area (Å²) in [6.45, 7) is 1.68. The Morgan fingerprint density at radius 2 is 1.91 bits per heavy atom. The third kappa shape index (κ3) is 5.15. The lowest BCUT2D eigenvalue weighted by molar-refractivity contribution is -0.0244. The second kappa shape index (κ2) is 11.0. The van der Waals surface area contributed by atoms with Crippen LogP contribution in [0.4, 0.5) is 4.79 Å². The number of benzene rings is 1. The third-order valence-corrected chi connectivity index (χ3v) is 7.04. The fraction of sp³-hybridized carbons (Fsp3) is 0.600. The molecule has 2 aliphatic rings. The summed E-state index contributed by atoms with van der Waals surface area (Å²) in [6.07, 6.45) is 8.08. The molecule has 0 radical (unpaired) electrons. The van der Waals surface area contributed by atoms with Gasteiger partial charge in [-0.05, 0) is 50.0 Å². The Morgan fingerprint density at radius 1 is 1.12 bits per heavy atom. The summed E-state index contributed by atoms with van der Waals surface area (Å²) in [4.78, 5) is 14.4. The molecule has 2 fully saturated rings. The zero-order valence-corrected chi connectivity index (χ0v) is 19.2. The highest BCUT2D eigenvalue weighted by Crippen LogP contribution is 2.37. The van der Waals surface area contributed by atoms with E-state index >= 15 is 0 Å². The van der Waals surface area contributed by atoms with Crippen LogP contribution in [0, 0.1) is 0 Å². The Labute approximate surface area is 190 Å². The van der Waals surface area contributed by atoms with Crippen molar-refractivity contribution in [2.75, 3.05) is 27.4 Å². The minimum absolute atomic E-state index is 0.0954. The van der Waals surface area contributed by atoms with Crippen LogP contribution in [-0.4, -0.2) is 60.7 Å². The second-order valence-corrected chi connectivity index (χ2v) is 8.93. The number of aromatic nitrogens is 2. The van der Waals surface area contributed by atoms with E-state index in [1.807, 2.05) is 11.1 Å². The number of rotatable bonds is 7. The number of amides is 1. The summed E-state index contributed by atoms with van der Waals surface area (Å²) in [5, 5.41) is 7.51. The van der Waals surface area contributed by atoms with Crippen molar-refractivity contribution in [3.63, 3.8) is 0 Å². The van der Waals surface area contributed by atoms with E-state index in [1.165, 1.54) is 12.7 Å². The molecule has 4 rings (SSSR count). The molecule has 1 aliphatic heterocycles. The van der Waals surface area contributed by atoms with Crippen molar-refractivity contribution in [2.24, 2.45) is 0 Å². The first-order valence-corrected chi connectivity index (χ1v) is 11.7. The van der Waals surface area contributed by atoms with E-state index in [0.717, 1.165) is 49.8 Å². The van der Waals surface area contributed by atoms with Crippen molar-refractivity contribution in [3.8, 4) is 0 Å². The van der Waals surface area contributed by atoms with Crippen LogP contribution in [0.15, 0.2) is 36.5 Å². The molecular formula is C25H35N3O4. The molecule has 1 saturated carbocycles. The van der Waals surface area contributed by atoms with Crippen LogP contribution in [0.5, 0.6) is 0 Å². The van der Waals surface area contributed by atoms with Crippen LogP contribution < -0.4 is 0 Å². The maximum atomic E-state index is 12.5. The molecule has 1 aromatic carbocycles. The Morgan fingerprint density at radius 3 is 2.62 bits per heavy atom. The molecule has 2 heterocycles. The van der Waals surface area contributed by atoms with Crippen LogP contribution >= 0.6 is 0 Å². The molecule has 1 saturated heterocycles. The van der Waals surface area contributed by atoms with E-state index in [0.29, 0.717) is 25.7 Å². The largest absolute Gasteiger partial charge is 0.453 e. The van der Waals surface area contributed by atoms with Crippen molar-refractivity contribution in [2.45, 2.75) is 69.1 Å². The lowest BCUT2D eigenvalue weighted by Gasteiger charge is -2.41. The number of ether oxygens (including phenoxy) is 3. The van der Waals surface area contributed by atoms with E-state index < -0.39 is 0 Å². The van der Waals surface area contributed by atoms with Gasteiger partial charge < -0.3 is 19.1 Å². The van der Waals surface area contributed by atoms with Crippen LogP contribution in [0.2, 0.25) is 0 Å². The molecule has 0 unspecified atom stereocenters. The van der Waals surface area contributed by atoms with Crippen molar-refractivity contribution in [3.05, 3.63) is 53.3 Å². The Balaban J connectivity index is 1.42. The smallest absolute Gasteiger partial charge is 0.409 e. The van der Waals surface area contributed by atoms with Gasteiger partial charge in [0, 0.05) is 31.3 Å². The van der Waals surface area contributed by atoms with Crippen molar-refractivity contribution in [1.82, 2.24) is 15.1 Å². The maximum Gasteiger partial charge on any atom is 0.409 e. The van der Waals surface area contributed by atoms with Gasteiger partial charge in [-0.2, -0.15) is 5.10 Å². The molecule has 1 N–H and O–H groups in total. The summed E-state index contributed by atoms with van der Waals surface area (Å²) >= 11 is 0. The molecule has 1 aliphatic carbocycles. The quantitative estimate of drug-likeness (QED) is 0.679. The number of likely N-dealkylation sites (tertiary alicyclic amines) is 1. The van der Waals surface area contributed by atoms with Gasteiger partial charge in [0.1, 0.15) is 0 Å². The normalized spacial score (nSPS) is 26.1. The number of hydrogen-bond donors (Lipinski definition) is 1. The Bertz CT molecular complexity index is 848. The highest BCUT2D eigenvalue weighted by atomic mass is 16.5. The van der Waals surface area contributed by atoms with E-state index in [1.54, 1.807) is 7.11 Å². The number of piperidine rings is 1. The van der Waals surface area contributed by atoms with Crippen LogP contribution in [0.1, 0.15) is 67.2 Å². The number of carbonyl (C=O) groups is 1. The van der Waals surface area contributed by atoms with Crippen LogP contribution in [0.25, 0.3) is 0 Å². The molecule has 2 atom stereocenters. The van der Waals surface area contributed by atoms with Gasteiger partial charge in [-0.1, -0.05) is 30.3 Å². The number of nitrogens with one attached hydrogen (secondary N) is 1. The number of carbonyl (C=O) groups excluding carboxylic acids is 1. The fourth-order valence-electron chi connectivity index (χ4n) is 5.37. The molecule has 7 heteroatoms. The molecule has 2 aromatic rings. The molecule has 0 spiro atoms. The maximum absolute atomic E-state index is 12.5. The first kappa shape index (κ1) is 22.8. The highest BCUT2D eigenvalue weighted by molar-refractivity contribution is 5.68. The van der Waals surface area contributed by atoms with Gasteiger partial charge >= 0.3 is 6.09 Å². The predicted octanol–water partition coefficient (Wildman–Crippen LogP) is 4.61. The van der Waals surface area contributed by atoms with E-state index in [4.69, 9.17) is 14.2 Å². The van der Waals surface area contributed by atoms with Gasteiger partial charge in [-0.15, -0.1) is 0 Å². The Kier molecular flexibility index (Phi) is 7.81. The van der Waals surface area contributed by atoms with Gasteiger partial charge in [-0.3, -0.25) is 5.10 Å². The van der Waals surface area contributed by atoms with E-state index in [2.05, 4.69) is 40.5 Å². The standard InChI is InChI=1S/C25H35N3O4/c1-30-16-20-15-26-27-24(20)22-9-6-14-28(25(29)31-2)23(22)17-32-21-12-10-19(11-13-21)18-7-4-3-5-8-18/h3-5,7-8,15,19,21-23H,6,9-14,16-17H2,1-2H3,(H,26,27)/t19-,21+,22-,23-/m0/s1. The average Bonchev–Trinajstić information content (AvgIpc) is 3.31. The number of aromatic amines is 1. The first-order chi connectivity index (χ1) is 15.7. The molecule has 1 aromatic heterocycles. The topological polar surface area (TPSA) is 76.7 Å². The zero-order chi connectivity index (χ0) is 22.3. The Hall–Kier alpha value is -2.38. The average molecular weight is 442 g/mol. The van der Waals surface area contributed by atoms with Gasteiger partial charge in [0.15, 0.2) is 0 Å². The fourth-order valence-corrected chi connectivity index (χ4v) is 5.37. The number of nitrogens with zero attached hydrogens (tertiary/aromatic N) is 2. The van der Waals surface area contributed by atoms with Crippen molar-refractivity contribution >= 4 is 6.09 Å². The van der Waals surface area contributed by atoms with Crippen LogP contribution in [0.3, 0.4) is 0 Å². The van der Waals surface area contributed by atoms with Gasteiger partial charge in [0.05, 0.1) is 38.2 Å². The van der Waals surface area contributed by atoms with Crippen LogP contribution in [-0.2, 0) is 20.8 Å². The van der Waals surface area contributed by atoms with Crippen molar-refractivity contribution < 1.29 is 19.0 Å². The second-order valence-electron chi connectivity index (χ2n) is 8.93. The minimum Gasteiger partial charge on any atom is -0.453 e. The lowest BCUT2D eigenvalue weighted by atomic mass is 9.82. The van der Waals surface area contributed by atoms with Crippen molar-refractivity contribution in [1.29, 1.82) is 0 Å². The summed E-state index contributed by atoms with van der Waals surface area (Å²) in [5.41, 5.74) is 3.44. The number of hydrogen-bond acceptors (Lipinski definition) is 5. The summed E-state index contributed by atoms with van der Waals surface area (Å²) in [7, 11) is 3.13. The summed E-state index contributed by atoms with van der Waals surface area (Å²) in [5.74, 6) is 0.714. The number of H-pyrrole nitrogens is 1. The molecule has 1 amide bonds. The van der Waals surface area contributed by atoms with Gasteiger partial charge in [0.25, 0.3) is 0 Å². The number of methoxy groups -OCH3 is 2. The minimum atomic E-state index is -0.292. The summed E-state index contributed by atoms with van der Waals surface area (Å²) in [6, 6.07) is 10.7. The van der Waals surface area contributed by atoms with E-state index in [9.17, 15) is 4.79 Å². The summed E-state index contributed by atoms with van der Waals surface area (Å²) < 4.78 is 16.9. The predicted molar refractivity (Wildman–Crippen MR) is 122 cm³/mol. The monoisotopic (exact) mass is 441 g/mol. The molecule has 174 valence electrons. The zero-order valence-electron chi connectivity index (χ0n) is 19.2. The molecular weight excluding hydrogens is 406 g/mol. The van der Waals surface area contributed by atoms with E-state index in [-0.39, 0.29) is 24.2 Å². The lowest BCUT2D eigenvalue weighted by Crippen LogP contribution is -2.50. The van der Waals surface area contributed by atoms with Gasteiger partial charge in [-0.25, -0.2) is 4.79 Å². The SMILES string of the molecule is COCc1c[nH]nc1[C@H]1CCCN(C(=O)OC)[C@H]1CO[C@H]1CC[C@@H](c2ccccc2)CC1. The first-order valence-electron chi connectivity index (χ1n) is 11.7. The highest BCUT2D eigenvalue weighted by Gasteiger charge is 2.39. The third-order valence-electron chi connectivity index (χ3n) is 7.04. The molecule has 7 nitrogen and oxygen atoms in total. The van der Waals surface area contributed by atoms with Gasteiger partial charge in [0.2, 0.25) is 0 Å². The molecule has 32 heavy (non-hydrogen) atoms.